The third-order valence-electron chi connectivity index (χ3n) is 1.67. The molecule has 0 bridgehead atoms. The lowest BCUT2D eigenvalue weighted by molar-refractivity contribution is 0.476. The van der Waals surface area contributed by atoms with Gasteiger partial charge in [0.15, 0.2) is 0 Å². The minimum atomic E-state index is 0. The Balaban J connectivity index is 0. The Hall–Kier alpha value is -0.0400. The molecule has 0 radical (unpaired) electrons. The van der Waals surface area contributed by atoms with Gasteiger partial charge < -0.3 is 5.32 Å². The first-order valence-corrected chi connectivity index (χ1v) is 3.95. The lowest BCUT2D eigenvalue weighted by Gasteiger charge is -2.07. The van der Waals surface area contributed by atoms with E-state index in [1.54, 1.807) is 0 Å². The molecule has 0 rings (SSSR count). The molecule has 1 nitrogen and oxygen atoms in total. The van der Waals surface area contributed by atoms with E-state index in [0.29, 0.717) is 0 Å². The maximum atomic E-state index is 3.16. The summed E-state index contributed by atoms with van der Waals surface area (Å²) in [4.78, 5) is 0. The molecule has 0 fully saturated rings. The summed E-state index contributed by atoms with van der Waals surface area (Å²) in [7, 11) is 2.01. The normalized spacial score (nSPS) is 13.7. The maximum Gasteiger partial charge on any atom is 0 e. The quantitative estimate of drug-likeness (QED) is 0.603. The van der Waals surface area contributed by atoms with Crippen molar-refractivity contribution in [3.8, 4) is 0 Å². The molecular weight excluding hydrogens is 110 g/mol. The summed E-state index contributed by atoms with van der Waals surface area (Å²) in [5.74, 6) is 0.905. The van der Waals surface area contributed by atoms with Crippen molar-refractivity contribution in [1.29, 1.82) is 0 Å². The van der Waals surface area contributed by atoms with Crippen LogP contribution in [-0.4, -0.2) is 13.6 Å². The van der Waals surface area contributed by atoms with Crippen LogP contribution in [0, 0.1) is 5.92 Å². The topological polar surface area (TPSA) is 12.0 Å². The highest BCUT2D eigenvalue weighted by molar-refractivity contribution is 4.52. The predicted octanol–water partition coefficient (Wildman–Crippen LogP) is 2.28. The zero-order valence-corrected chi connectivity index (χ0v) is 6.91. The van der Waals surface area contributed by atoms with Gasteiger partial charge in [0.2, 0.25) is 0 Å². The van der Waals surface area contributed by atoms with Crippen LogP contribution in [0.15, 0.2) is 0 Å². The van der Waals surface area contributed by atoms with Crippen LogP contribution in [0.4, 0.5) is 0 Å². The lowest BCUT2D eigenvalue weighted by Crippen LogP contribution is -2.11. The minimum absolute atomic E-state index is 0. The summed E-state index contributed by atoms with van der Waals surface area (Å²) in [5, 5.41) is 3.16. The Labute approximate surface area is 60.3 Å². The van der Waals surface area contributed by atoms with E-state index in [1.165, 1.54) is 25.8 Å². The highest BCUT2D eigenvalue weighted by Crippen LogP contribution is 2.07. The second kappa shape index (κ2) is 6.09. The number of hydrogen-bond acceptors (Lipinski definition) is 1. The molecule has 9 heavy (non-hydrogen) atoms. The summed E-state index contributed by atoms with van der Waals surface area (Å²) in [6, 6.07) is 0. The zero-order valence-electron chi connectivity index (χ0n) is 6.91. The van der Waals surface area contributed by atoms with Crippen LogP contribution in [-0.2, 0) is 0 Å². The largest absolute Gasteiger partial charge is 0.320 e. The van der Waals surface area contributed by atoms with Crippen molar-refractivity contribution in [2.24, 2.45) is 5.92 Å². The molecule has 0 amide bonds. The van der Waals surface area contributed by atoms with Crippen LogP contribution in [0.3, 0.4) is 0 Å². The minimum Gasteiger partial charge on any atom is -0.320 e. The van der Waals surface area contributed by atoms with Gasteiger partial charge in [0.05, 0.1) is 0 Å². The Morgan fingerprint density at radius 1 is 1.44 bits per heavy atom. The van der Waals surface area contributed by atoms with Crippen LogP contribution in [0.25, 0.3) is 0 Å². The van der Waals surface area contributed by atoms with Crippen molar-refractivity contribution in [3.05, 3.63) is 0 Å². The lowest BCUT2D eigenvalue weighted by atomic mass is 10.0. The molecule has 0 aliphatic carbocycles. The summed E-state index contributed by atoms with van der Waals surface area (Å²) >= 11 is 0. The molecule has 1 atom stereocenters. The van der Waals surface area contributed by atoms with Gasteiger partial charge >= 0.3 is 0 Å². The Kier molecular flexibility index (Phi) is 6.06. The third kappa shape index (κ3) is 5.84. The molecule has 0 aromatic heterocycles. The molecule has 0 aliphatic heterocycles. The first kappa shape index (κ1) is 8.96. The monoisotopic (exact) mass is 131 g/mol. The van der Waals surface area contributed by atoms with E-state index in [2.05, 4.69) is 19.2 Å². The van der Waals surface area contributed by atoms with Crippen LogP contribution in [0.2, 0.25) is 0 Å². The average Bonchev–Trinajstić information content (AvgIpc) is 1.85. The number of hydrogen-bond donors (Lipinski definition) is 1. The Morgan fingerprint density at radius 2 is 2.11 bits per heavy atom. The molecule has 1 unspecified atom stereocenters. The van der Waals surface area contributed by atoms with E-state index in [0.717, 1.165) is 5.92 Å². The standard InChI is InChI=1S/C8H19N.H2/c1-4-5-8(2)6-7-9-3;/h8-9H,4-7H2,1-3H3;1H. The summed E-state index contributed by atoms with van der Waals surface area (Å²) < 4.78 is 0. The van der Waals surface area contributed by atoms with E-state index >= 15 is 0 Å². The Bertz CT molecular complexity index is 57.2. The van der Waals surface area contributed by atoms with Crippen LogP contribution in [0.1, 0.15) is 34.5 Å². The average molecular weight is 131 g/mol. The molecule has 1 heteroatoms. The highest BCUT2D eigenvalue weighted by Gasteiger charge is 1.97. The van der Waals surface area contributed by atoms with Gasteiger partial charge in [-0.1, -0.05) is 26.7 Å². The van der Waals surface area contributed by atoms with Crippen molar-refractivity contribution in [2.75, 3.05) is 13.6 Å². The van der Waals surface area contributed by atoms with Crippen LogP contribution < -0.4 is 5.32 Å². The fraction of sp³-hybridized carbons (Fsp3) is 1.00. The SMILES string of the molecule is CCCC(C)CCNC.[HH]. The number of nitrogens with one attached hydrogen (secondary N) is 1. The predicted molar refractivity (Wildman–Crippen MR) is 44.7 cm³/mol. The first-order valence-electron chi connectivity index (χ1n) is 3.95. The van der Waals surface area contributed by atoms with E-state index in [-0.39, 0.29) is 1.43 Å². The van der Waals surface area contributed by atoms with E-state index in [1.807, 2.05) is 7.05 Å². The molecule has 0 aliphatic rings. The second-order valence-corrected chi connectivity index (χ2v) is 2.79. The van der Waals surface area contributed by atoms with Crippen molar-refractivity contribution in [2.45, 2.75) is 33.1 Å². The van der Waals surface area contributed by atoms with Gasteiger partial charge in [0, 0.05) is 1.43 Å². The molecule has 0 aromatic carbocycles. The van der Waals surface area contributed by atoms with E-state index < -0.39 is 0 Å². The molecule has 58 valence electrons. The van der Waals surface area contributed by atoms with Gasteiger partial charge in [0.25, 0.3) is 0 Å². The Morgan fingerprint density at radius 3 is 2.56 bits per heavy atom. The van der Waals surface area contributed by atoms with Crippen molar-refractivity contribution in [1.82, 2.24) is 5.32 Å². The molecule has 0 saturated heterocycles. The summed E-state index contributed by atoms with van der Waals surface area (Å²) in [5.41, 5.74) is 0. The summed E-state index contributed by atoms with van der Waals surface area (Å²) in [6.07, 6.45) is 4.02. The molecule has 0 spiro atoms. The molecule has 0 heterocycles. The second-order valence-electron chi connectivity index (χ2n) is 2.79. The van der Waals surface area contributed by atoms with Gasteiger partial charge in [0.1, 0.15) is 0 Å². The van der Waals surface area contributed by atoms with Crippen molar-refractivity contribution >= 4 is 0 Å². The molecule has 0 aromatic rings. The molecule has 0 saturated carbocycles. The number of rotatable bonds is 5. The van der Waals surface area contributed by atoms with Gasteiger partial charge in [-0.15, -0.1) is 0 Å². The first-order chi connectivity index (χ1) is 4.31. The van der Waals surface area contributed by atoms with Gasteiger partial charge in [-0.05, 0) is 25.9 Å². The fourth-order valence-corrected chi connectivity index (χ4v) is 1.03. The molecule has 1 N–H and O–H groups in total. The maximum absolute atomic E-state index is 3.16. The smallest absolute Gasteiger partial charge is 0 e. The van der Waals surface area contributed by atoms with Gasteiger partial charge in [-0.25, -0.2) is 0 Å². The van der Waals surface area contributed by atoms with Crippen molar-refractivity contribution in [3.63, 3.8) is 0 Å². The van der Waals surface area contributed by atoms with E-state index in [4.69, 9.17) is 0 Å². The van der Waals surface area contributed by atoms with Gasteiger partial charge in [-0.3, -0.25) is 0 Å². The fourth-order valence-electron chi connectivity index (χ4n) is 1.03. The van der Waals surface area contributed by atoms with E-state index in [9.17, 15) is 0 Å². The third-order valence-corrected chi connectivity index (χ3v) is 1.67. The zero-order chi connectivity index (χ0) is 7.11. The van der Waals surface area contributed by atoms with Crippen LogP contribution in [0.5, 0.6) is 0 Å². The molecular formula is C8H21N. The van der Waals surface area contributed by atoms with Gasteiger partial charge in [-0.2, -0.15) is 0 Å². The summed E-state index contributed by atoms with van der Waals surface area (Å²) in [6.45, 7) is 5.73. The van der Waals surface area contributed by atoms with Crippen LogP contribution >= 0.6 is 0 Å². The highest BCUT2D eigenvalue weighted by atomic mass is 14.8. The van der Waals surface area contributed by atoms with Crippen molar-refractivity contribution < 1.29 is 1.43 Å².